The number of benzene rings is 1. The highest BCUT2D eigenvalue weighted by atomic mass is 32.2. The SMILES string of the molecule is Cc1c(C(=O)NC2CC2)oc2ccc(S(=O)(=O)Nc3nncs3)cc12. The lowest BCUT2D eigenvalue weighted by Gasteiger charge is -2.04. The number of nitrogens with zero attached hydrogens (tertiary/aromatic N) is 2. The Morgan fingerprint density at radius 2 is 2.16 bits per heavy atom. The smallest absolute Gasteiger partial charge is 0.287 e. The third-order valence-corrected chi connectivity index (χ3v) is 5.99. The summed E-state index contributed by atoms with van der Waals surface area (Å²) in [6.07, 6.45) is 1.95. The number of anilines is 1. The standard InChI is InChI=1S/C15H14N4O4S2/c1-8-11-6-10(25(21,22)19-15-18-16-7-24-15)4-5-12(11)23-13(8)14(20)17-9-2-3-9/h4-7,9H,2-3H2,1H3,(H,17,20)(H,18,19). The lowest BCUT2D eigenvalue weighted by atomic mass is 10.1. The van der Waals surface area contributed by atoms with E-state index in [1.807, 2.05) is 0 Å². The van der Waals surface area contributed by atoms with E-state index in [9.17, 15) is 13.2 Å². The van der Waals surface area contributed by atoms with Gasteiger partial charge in [0.1, 0.15) is 11.1 Å². The molecule has 0 aliphatic heterocycles. The predicted octanol–water partition coefficient (Wildman–Crippen LogP) is 2.29. The summed E-state index contributed by atoms with van der Waals surface area (Å²) in [6, 6.07) is 4.68. The molecular weight excluding hydrogens is 364 g/mol. The average molecular weight is 378 g/mol. The second-order valence-corrected chi connectivity index (χ2v) is 8.33. The number of hydrogen-bond acceptors (Lipinski definition) is 7. The fraction of sp³-hybridized carbons (Fsp3) is 0.267. The van der Waals surface area contributed by atoms with Gasteiger partial charge in [-0.2, -0.15) is 0 Å². The number of fused-ring (bicyclic) bond motifs is 1. The van der Waals surface area contributed by atoms with Crippen molar-refractivity contribution < 1.29 is 17.6 Å². The van der Waals surface area contributed by atoms with Crippen LogP contribution in [0.5, 0.6) is 0 Å². The van der Waals surface area contributed by atoms with Crippen molar-refractivity contribution in [3.63, 3.8) is 0 Å². The Kier molecular flexibility index (Phi) is 3.73. The molecule has 1 aliphatic rings. The van der Waals surface area contributed by atoms with Gasteiger partial charge in [0, 0.05) is 17.0 Å². The summed E-state index contributed by atoms with van der Waals surface area (Å²) in [7, 11) is -3.80. The van der Waals surface area contributed by atoms with E-state index in [0.717, 1.165) is 24.2 Å². The molecule has 3 aromatic rings. The van der Waals surface area contributed by atoms with Gasteiger partial charge in [0.05, 0.1) is 4.90 Å². The third-order valence-electron chi connectivity index (χ3n) is 3.92. The molecule has 0 bridgehead atoms. The molecule has 1 amide bonds. The third kappa shape index (κ3) is 3.10. The van der Waals surface area contributed by atoms with Gasteiger partial charge in [0.2, 0.25) is 5.13 Å². The Morgan fingerprint density at radius 1 is 1.36 bits per heavy atom. The van der Waals surface area contributed by atoms with Gasteiger partial charge in [-0.1, -0.05) is 11.3 Å². The van der Waals surface area contributed by atoms with Crippen LogP contribution in [0.4, 0.5) is 5.13 Å². The number of carbonyl (C=O) groups excluding carboxylic acids is 1. The number of hydrogen-bond donors (Lipinski definition) is 2. The van der Waals surface area contributed by atoms with Gasteiger partial charge in [0.15, 0.2) is 5.76 Å². The quantitative estimate of drug-likeness (QED) is 0.704. The zero-order valence-corrected chi connectivity index (χ0v) is 14.8. The van der Waals surface area contributed by atoms with Crippen LogP contribution in [0.25, 0.3) is 11.0 Å². The number of rotatable bonds is 5. The van der Waals surface area contributed by atoms with E-state index in [2.05, 4.69) is 20.2 Å². The normalized spacial score (nSPS) is 14.6. The van der Waals surface area contributed by atoms with Crippen LogP contribution in [0.1, 0.15) is 29.0 Å². The zero-order chi connectivity index (χ0) is 17.6. The molecule has 0 radical (unpaired) electrons. The Morgan fingerprint density at radius 3 is 2.84 bits per heavy atom. The number of nitrogens with one attached hydrogen (secondary N) is 2. The molecule has 8 nitrogen and oxygen atoms in total. The number of furan rings is 1. The van der Waals surface area contributed by atoms with Gasteiger partial charge >= 0.3 is 0 Å². The van der Waals surface area contributed by atoms with E-state index in [1.54, 1.807) is 13.0 Å². The summed E-state index contributed by atoms with van der Waals surface area (Å²) in [6.45, 7) is 1.74. The highest BCUT2D eigenvalue weighted by Gasteiger charge is 2.27. The summed E-state index contributed by atoms with van der Waals surface area (Å²) in [4.78, 5) is 12.3. The Bertz CT molecular complexity index is 1050. The molecule has 4 rings (SSSR count). The van der Waals surface area contributed by atoms with Crippen LogP contribution in [-0.4, -0.2) is 30.6 Å². The van der Waals surface area contributed by atoms with E-state index < -0.39 is 10.0 Å². The highest BCUT2D eigenvalue weighted by molar-refractivity contribution is 7.93. The minimum Gasteiger partial charge on any atom is -0.451 e. The van der Waals surface area contributed by atoms with Crippen molar-refractivity contribution in [1.82, 2.24) is 15.5 Å². The van der Waals surface area contributed by atoms with E-state index in [1.165, 1.54) is 17.6 Å². The Labute approximate surface area is 147 Å². The molecule has 1 aliphatic carbocycles. The maximum absolute atomic E-state index is 12.5. The molecule has 2 N–H and O–H groups in total. The minimum atomic E-state index is -3.80. The second kappa shape index (κ2) is 5.81. The first-order chi connectivity index (χ1) is 11.9. The molecule has 0 spiro atoms. The van der Waals surface area contributed by atoms with Crippen LogP contribution in [0, 0.1) is 6.92 Å². The summed E-state index contributed by atoms with van der Waals surface area (Å²) < 4.78 is 32.9. The number of aryl methyl sites for hydroxylation is 1. The lowest BCUT2D eigenvalue weighted by Crippen LogP contribution is -2.25. The summed E-state index contributed by atoms with van der Waals surface area (Å²) in [5, 5.41) is 10.9. The van der Waals surface area contributed by atoms with Crippen molar-refractivity contribution in [3.05, 3.63) is 35.0 Å². The number of carbonyl (C=O) groups is 1. The topological polar surface area (TPSA) is 114 Å². The average Bonchev–Trinajstić information content (AvgIpc) is 3.12. The van der Waals surface area contributed by atoms with Gasteiger partial charge < -0.3 is 9.73 Å². The molecule has 0 saturated heterocycles. The van der Waals surface area contributed by atoms with Gasteiger partial charge in [-0.15, -0.1) is 10.2 Å². The highest BCUT2D eigenvalue weighted by Crippen LogP contribution is 2.29. The maximum atomic E-state index is 12.5. The predicted molar refractivity (Wildman–Crippen MR) is 92.2 cm³/mol. The molecule has 1 fully saturated rings. The van der Waals surface area contributed by atoms with Crippen molar-refractivity contribution in [3.8, 4) is 0 Å². The lowest BCUT2D eigenvalue weighted by molar-refractivity contribution is 0.0924. The molecule has 25 heavy (non-hydrogen) atoms. The van der Waals surface area contributed by atoms with Crippen molar-refractivity contribution >= 4 is 43.4 Å². The largest absolute Gasteiger partial charge is 0.451 e. The van der Waals surface area contributed by atoms with Crippen LogP contribution < -0.4 is 10.0 Å². The molecule has 1 saturated carbocycles. The van der Waals surface area contributed by atoms with Crippen LogP contribution in [-0.2, 0) is 10.0 Å². The van der Waals surface area contributed by atoms with E-state index in [-0.39, 0.29) is 27.7 Å². The molecule has 2 aromatic heterocycles. The molecule has 0 unspecified atom stereocenters. The Hall–Kier alpha value is -2.46. The van der Waals surface area contributed by atoms with Crippen LogP contribution in [0.15, 0.2) is 33.0 Å². The summed E-state index contributed by atoms with van der Waals surface area (Å²) in [5.74, 6) is -0.0545. The molecule has 1 aromatic carbocycles. The van der Waals surface area contributed by atoms with Gasteiger partial charge in [-0.05, 0) is 38.0 Å². The number of sulfonamides is 1. The van der Waals surface area contributed by atoms with Gasteiger partial charge in [0.25, 0.3) is 15.9 Å². The molecule has 0 atom stereocenters. The molecule has 2 heterocycles. The first kappa shape index (κ1) is 16.0. The van der Waals surface area contributed by atoms with Gasteiger partial charge in [-0.3, -0.25) is 9.52 Å². The molecule has 10 heteroatoms. The van der Waals surface area contributed by atoms with E-state index in [0.29, 0.717) is 16.5 Å². The second-order valence-electron chi connectivity index (χ2n) is 5.81. The minimum absolute atomic E-state index is 0.0632. The van der Waals surface area contributed by atoms with Crippen molar-refractivity contribution in [2.24, 2.45) is 0 Å². The van der Waals surface area contributed by atoms with Crippen molar-refractivity contribution in [2.45, 2.75) is 30.7 Å². The summed E-state index contributed by atoms with van der Waals surface area (Å²) >= 11 is 1.09. The number of aromatic nitrogens is 2. The van der Waals surface area contributed by atoms with Crippen molar-refractivity contribution in [2.75, 3.05) is 4.72 Å². The first-order valence-corrected chi connectivity index (χ1v) is 9.93. The van der Waals surface area contributed by atoms with Gasteiger partial charge in [-0.25, -0.2) is 8.42 Å². The number of amides is 1. The van der Waals surface area contributed by atoms with Crippen LogP contribution >= 0.6 is 11.3 Å². The van der Waals surface area contributed by atoms with E-state index >= 15 is 0 Å². The fourth-order valence-electron chi connectivity index (χ4n) is 2.45. The monoisotopic (exact) mass is 378 g/mol. The molecule has 130 valence electrons. The maximum Gasteiger partial charge on any atom is 0.287 e. The fourth-order valence-corrected chi connectivity index (χ4v) is 4.17. The molecular formula is C15H14N4O4S2. The van der Waals surface area contributed by atoms with Crippen molar-refractivity contribution in [1.29, 1.82) is 0 Å². The summed E-state index contributed by atoms with van der Waals surface area (Å²) in [5.41, 5.74) is 2.51. The van der Waals surface area contributed by atoms with Crippen LogP contribution in [0.2, 0.25) is 0 Å². The Balaban J connectivity index is 1.69. The first-order valence-electron chi connectivity index (χ1n) is 7.57. The van der Waals surface area contributed by atoms with Crippen LogP contribution in [0.3, 0.4) is 0 Å². The van der Waals surface area contributed by atoms with E-state index in [4.69, 9.17) is 4.42 Å². The zero-order valence-electron chi connectivity index (χ0n) is 13.1.